The molecule has 0 spiro atoms. The first-order valence-corrected chi connectivity index (χ1v) is 8.98. The van der Waals surface area contributed by atoms with Crippen LogP contribution in [-0.2, 0) is 11.3 Å². The van der Waals surface area contributed by atoms with Gasteiger partial charge in [0, 0.05) is 23.4 Å². The van der Waals surface area contributed by atoms with E-state index < -0.39 is 0 Å². The predicted octanol–water partition coefficient (Wildman–Crippen LogP) is 2.75. The van der Waals surface area contributed by atoms with Crippen molar-refractivity contribution >= 4 is 17.5 Å². The molecule has 2 N–H and O–H groups in total. The molecule has 28 heavy (non-hydrogen) atoms. The number of hydrogen-bond acceptors (Lipinski definition) is 4. The van der Waals surface area contributed by atoms with Gasteiger partial charge in [-0.1, -0.05) is 18.2 Å². The molecular weight excluding hydrogens is 356 g/mol. The van der Waals surface area contributed by atoms with E-state index in [9.17, 15) is 9.59 Å². The fourth-order valence-corrected chi connectivity index (χ4v) is 3.24. The molecule has 3 aromatic rings. The van der Waals surface area contributed by atoms with E-state index in [1.54, 1.807) is 18.2 Å². The summed E-state index contributed by atoms with van der Waals surface area (Å²) in [6.45, 7) is 4.25. The van der Waals surface area contributed by atoms with Crippen molar-refractivity contribution in [1.82, 2.24) is 15.1 Å². The minimum atomic E-state index is -0.213. The molecule has 0 saturated heterocycles. The first kappa shape index (κ1) is 17.8. The van der Waals surface area contributed by atoms with E-state index in [-0.39, 0.29) is 18.4 Å². The SMILES string of the molecule is Cc1nn(-c2ccccc2)c(C)c1CNC(=O)c1ccc2c(c1)OCC(=O)N2. The molecule has 0 aliphatic carbocycles. The summed E-state index contributed by atoms with van der Waals surface area (Å²) in [5.74, 6) is 0.0807. The first-order valence-electron chi connectivity index (χ1n) is 8.98. The summed E-state index contributed by atoms with van der Waals surface area (Å²) in [6.07, 6.45) is 0. The van der Waals surface area contributed by atoms with Gasteiger partial charge < -0.3 is 15.4 Å². The molecule has 4 rings (SSSR count). The topological polar surface area (TPSA) is 85.2 Å². The minimum Gasteiger partial charge on any atom is -0.482 e. The molecule has 0 bridgehead atoms. The summed E-state index contributed by atoms with van der Waals surface area (Å²) in [5, 5.41) is 10.3. The Balaban J connectivity index is 1.50. The lowest BCUT2D eigenvalue weighted by Crippen LogP contribution is -2.27. The molecule has 7 heteroatoms. The largest absolute Gasteiger partial charge is 0.482 e. The number of aromatic nitrogens is 2. The maximum absolute atomic E-state index is 12.6. The van der Waals surface area contributed by atoms with Gasteiger partial charge in [-0.3, -0.25) is 9.59 Å². The second-order valence-electron chi connectivity index (χ2n) is 6.63. The van der Waals surface area contributed by atoms with Crippen LogP contribution < -0.4 is 15.4 Å². The van der Waals surface area contributed by atoms with Gasteiger partial charge in [-0.05, 0) is 44.2 Å². The number of hydrogen-bond donors (Lipinski definition) is 2. The van der Waals surface area contributed by atoms with Crippen LogP contribution in [0.25, 0.3) is 5.69 Å². The van der Waals surface area contributed by atoms with Crippen molar-refractivity contribution in [3.8, 4) is 11.4 Å². The van der Waals surface area contributed by atoms with Gasteiger partial charge in [-0.2, -0.15) is 5.10 Å². The highest BCUT2D eigenvalue weighted by molar-refractivity contribution is 5.99. The lowest BCUT2D eigenvalue weighted by atomic mass is 10.1. The van der Waals surface area contributed by atoms with Gasteiger partial charge in [0.25, 0.3) is 11.8 Å². The smallest absolute Gasteiger partial charge is 0.262 e. The average molecular weight is 376 g/mol. The van der Waals surface area contributed by atoms with Crippen molar-refractivity contribution in [2.24, 2.45) is 0 Å². The molecule has 0 atom stereocenters. The van der Waals surface area contributed by atoms with Crippen molar-refractivity contribution in [2.75, 3.05) is 11.9 Å². The summed E-state index contributed by atoms with van der Waals surface area (Å²) in [7, 11) is 0. The average Bonchev–Trinajstić information content (AvgIpc) is 3.00. The number of rotatable bonds is 4. The molecule has 2 amide bonds. The van der Waals surface area contributed by atoms with Crippen LogP contribution >= 0.6 is 0 Å². The third-order valence-corrected chi connectivity index (χ3v) is 4.74. The van der Waals surface area contributed by atoms with Crippen molar-refractivity contribution in [2.45, 2.75) is 20.4 Å². The summed E-state index contributed by atoms with van der Waals surface area (Å²) in [6, 6.07) is 14.9. The van der Waals surface area contributed by atoms with Gasteiger partial charge in [0.05, 0.1) is 17.1 Å². The zero-order chi connectivity index (χ0) is 19.7. The molecule has 2 aromatic carbocycles. The fourth-order valence-electron chi connectivity index (χ4n) is 3.24. The van der Waals surface area contributed by atoms with Crippen LogP contribution in [0, 0.1) is 13.8 Å². The van der Waals surface area contributed by atoms with Crippen molar-refractivity contribution in [1.29, 1.82) is 0 Å². The van der Waals surface area contributed by atoms with E-state index in [2.05, 4.69) is 15.7 Å². The van der Waals surface area contributed by atoms with Gasteiger partial charge >= 0.3 is 0 Å². The van der Waals surface area contributed by atoms with Crippen LogP contribution in [0.3, 0.4) is 0 Å². The third kappa shape index (κ3) is 3.34. The first-order chi connectivity index (χ1) is 13.5. The Morgan fingerprint density at radius 2 is 2.00 bits per heavy atom. The molecule has 1 aliphatic rings. The normalized spacial score (nSPS) is 12.7. The maximum Gasteiger partial charge on any atom is 0.262 e. The third-order valence-electron chi connectivity index (χ3n) is 4.74. The van der Waals surface area contributed by atoms with E-state index in [1.165, 1.54) is 0 Å². The van der Waals surface area contributed by atoms with Crippen LogP contribution in [-0.4, -0.2) is 28.2 Å². The zero-order valence-corrected chi connectivity index (χ0v) is 15.7. The van der Waals surface area contributed by atoms with E-state index in [0.29, 0.717) is 23.5 Å². The molecular formula is C21H20N4O3. The number of carbonyl (C=O) groups excluding carboxylic acids is 2. The van der Waals surface area contributed by atoms with E-state index >= 15 is 0 Å². The zero-order valence-electron chi connectivity index (χ0n) is 15.7. The van der Waals surface area contributed by atoms with Gasteiger partial charge in [0.1, 0.15) is 5.75 Å². The van der Waals surface area contributed by atoms with Crippen molar-refractivity contribution < 1.29 is 14.3 Å². The van der Waals surface area contributed by atoms with Gasteiger partial charge in [0.2, 0.25) is 0 Å². The highest BCUT2D eigenvalue weighted by Gasteiger charge is 2.19. The number of carbonyl (C=O) groups is 2. The highest BCUT2D eigenvalue weighted by atomic mass is 16.5. The molecule has 0 unspecified atom stereocenters. The quantitative estimate of drug-likeness (QED) is 0.733. The predicted molar refractivity (Wildman–Crippen MR) is 105 cm³/mol. The lowest BCUT2D eigenvalue weighted by Gasteiger charge is -2.18. The number of fused-ring (bicyclic) bond motifs is 1. The van der Waals surface area contributed by atoms with Crippen LogP contribution in [0.15, 0.2) is 48.5 Å². The fraction of sp³-hybridized carbons (Fsp3) is 0.190. The Kier molecular flexibility index (Phi) is 4.57. The lowest BCUT2D eigenvalue weighted by molar-refractivity contribution is -0.118. The number of ether oxygens (including phenoxy) is 1. The van der Waals surface area contributed by atoms with Crippen LogP contribution in [0.1, 0.15) is 27.3 Å². The Morgan fingerprint density at radius 1 is 1.21 bits per heavy atom. The Bertz CT molecular complexity index is 1060. The number of benzene rings is 2. The molecule has 142 valence electrons. The van der Waals surface area contributed by atoms with Crippen molar-refractivity contribution in [3.63, 3.8) is 0 Å². The van der Waals surface area contributed by atoms with Gasteiger partial charge in [0.15, 0.2) is 6.61 Å². The number of anilines is 1. The summed E-state index contributed by atoms with van der Waals surface area (Å²) in [5.41, 5.74) is 4.87. The standard InChI is InChI=1S/C21H20N4O3/c1-13-17(14(2)25(24-13)16-6-4-3-5-7-16)11-22-21(27)15-8-9-18-19(10-15)28-12-20(26)23-18/h3-10H,11-12H2,1-2H3,(H,22,27)(H,23,26). The minimum absolute atomic E-state index is 0.0465. The summed E-state index contributed by atoms with van der Waals surface area (Å²) >= 11 is 0. The number of amides is 2. The maximum atomic E-state index is 12.6. The summed E-state index contributed by atoms with van der Waals surface area (Å²) < 4.78 is 7.26. The monoisotopic (exact) mass is 376 g/mol. The Morgan fingerprint density at radius 3 is 2.79 bits per heavy atom. The number of para-hydroxylation sites is 1. The number of nitrogens with one attached hydrogen (secondary N) is 2. The van der Waals surface area contributed by atoms with Crippen LogP contribution in [0.5, 0.6) is 5.75 Å². The second kappa shape index (κ2) is 7.19. The summed E-state index contributed by atoms with van der Waals surface area (Å²) in [4.78, 5) is 23.9. The molecule has 1 aromatic heterocycles. The van der Waals surface area contributed by atoms with Gasteiger partial charge in [-0.25, -0.2) is 4.68 Å². The number of nitrogens with zero attached hydrogens (tertiary/aromatic N) is 2. The Hall–Kier alpha value is -3.61. The molecule has 7 nitrogen and oxygen atoms in total. The van der Waals surface area contributed by atoms with Crippen LogP contribution in [0.4, 0.5) is 5.69 Å². The molecule has 1 aliphatic heterocycles. The van der Waals surface area contributed by atoms with E-state index in [1.807, 2.05) is 48.9 Å². The van der Waals surface area contributed by atoms with Crippen molar-refractivity contribution in [3.05, 3.63) is 71.0 Å². The molecule has 0 radical (unpaired) electrons. The molecule has 0 saturated carbocycles. The second-order valence-corrected chi connectivity index (χ2v) is 6.63. The van der Waals surface area contributed by atoms with Crippen LogP contribution in [0.2, 0.25) is 0 Å². The highest BCUT2D eigenvalue weighted by Crippen LogP contribution is 2.28. The Labute approximate surface area is 162 Å². The number of aryl methyl sites for hydroxylation is 1. The van der Waals surface area contributed by atoms with E-state index in [4.69, 9.17) is 4.74 Å². The molecule has 2 heterocycles. The van der Waals surface area contributed by atoms with E-state index in [0.717, 1.165) is 22.6 Å². The molecule has 0 fully saturated rings. The van der Waals surface area contributed by atoms with Gasteiger partial charge in [-0.15, -0.1) is 0 Å².